The van der Waals surface area contributed by atoms with Crippen molar-refractivity contribution in [1.29, 1.82) is 0 Å². The van der Waals surface area contributed by atoms with Crippen LogP contribution in [0.4, 0.5) is 0 Å². The van der Waals surface area contributed by atoms with Crippen LogP contribution in [-0.2, 0) is 11.3 Å². The Morgan fingerprint density at radius 2 is 2.27 bits per heavy atom. The van der Waals surface area contributed by atoms with Crippen LogP contribution in [0.3, 0.4) is 0 Å². The zero-order valence-corrected chi connectivity index (χ0v) is 7.75. The van der Waals surface area contributed by atoms with Crippen molar-refractivity contribution in [2.24, 2.45) is 0 Å². The van der Waals surface area contributed by atoms with E-state index >= 15 is 0 Å². The van der Waals surface area contributed by atoms with Crippen molar-refractivity contribution in [3.63, 3.8) is 0 Å². The largest absolute Gasteiger partial charge is 0.508 e. The predicted octanol–water partition coefficient (Wildman–Crippen LogP) is 0.301. The van der Waals surface area contributed by atoms with E-state index in [-0.39, 0.29) is 17.9 Å². The molecule has 1 aromatic carbocycles. The summed E-state index contributed by atoms with van der Waals surface area (Å²) in [5.74, 6) is 0.0579. The Morgan fingerprint density at radius 1 is 1.47 bits per heavy atom. The lowest BCUT2D eigenvalue weighted by molar-refractivity contribution is -0.108. The third-order valence-corrected chi connectivity index (χ3v) is 2.08. The number of phenolic OH excluding ortho intramolecular Hbond substituents is 1. The van der Waals surface area contributed by atoms with Crippen LogP contribution in [0.15, 0.2) is 29.3 Å². The molecule has 0 fully saturated rings. The van der Waals surface area contributed by atoms with Gasteiger partial charge in [0.2, 0.25) is 0 Å². The van der Waals surface area contributed by atoms with Gasteiger partial charge in [0.25, 0.3) is 5.56 Å². The van der Waals surface area contributed by atoms with Gasteiger partial charge in [-0.15, -0.1) is 0 Å². The molecule has 15 heavy (non-hydrogen) atoms. The summed E-state index contributed by atoms with van der Waals surface area (Å²) in [5, 5.41) is 9.58. The summed E-state index contributed by atoms with van der Waals surface area (Å²) in [7, 11) is 0. The molecule has 0 radical (unpaired) electrons. The fraction of sp³-hybridized carbons (Fsp3) is 0.100. The summed E-state index contributed by atoms with van der Waals surface area (Å²) in [6, 6.07) is 4.31. The van der Waals surface area contributed by atoms with Gasteiger partial charge >= 0.3 is 0 Å². The molecule has 1 N–H and O–H groups in total. The highest BCUT2D eigenvalue weighted by molar-refractivity contribution is 5.78. The second-order valence-electron chi connectivity index (χ2n) is 3.07. The van der Waals surface area contributed by atoms with Crippen molar-refractivity contribution < 1.29 is 9.90 Å². The number of nitrogens with zero attached hydrogens (tertiary/aromatic N) is 2. The van der Waals surface area contributed by atoms with Gasteiger partial charge in [0.05, 0.1) is 23.8 Å². The fourth-order valence-electron chi connectivity index (χ4n) is 1.36. The Bertz CT molecular complexity index is 574. The first-order chi connectivity index (χ1) is 7.22. The maximum absolute atomic E-state index is 11.7. The van der Waals surface area contributed by atoms with Crippen molar-refractivity contribution in [2.75, 3.05) is 0 Å². The van der Waals surface area contributed by atoms with E-state index in [0.29, 0.717) is 17.2 Å². The average Bonchev–Trinajstić information content (AvgIpc) is 2.22. The van der Waals surface area contributed by atoms with E-state index in [0.717, 1.165) is 0 Å². The van der Waals surface area contributed by atoms with Crippen LogP contribution in [0.25, 0.3) is 10.9 Å². The minimum atomic E-state index is -0.285. The van der Waals surface area contributed by atoms with Crippen LogP contribution in [0.5, 0.6) is 5.75 Å². The molecule has 0 unspecified atom stereocenters. The Morgan fingerprint density at radius 3 is 3.00 bits per heavy atom. The van der Waals surface area contributed by atoms with Gasteiger partial charge in [-0.3, -0.25) is 9.36 Å². The number of aldehydes is 1. The number of fused-ring (bicyclic) bond motifs is 1. The Hall–Kier alpha value is -2.17. The average molecular weight is 204 g/mol. The molecule has 0 aliphatic carbocycles. The smallest absolute Gasteiger partial charge is 0.261 e. The van der Waals surface area contributed by atoms with Crippen LogP contribution in [0, 0.1) is 0 Å². The van der Waals surface area contributed by atoms with Gasteiger partial charge in [-0.2, -0.15) is 0 Å². The van der Waals surface area contributed by atoms with Gasteiger partial charge in [-0.25, -0.2) is 4.98 Å². The van der Waals surface area contributed by atoms with Gasteiger partial charge < -0.3 is 9.90 Å². The normalized spacial score (nSPS) is 10.4. The quantitative estimate of drug-likeness (QED) is 0.714. The third kappa shape index (κ3) is 1.59. The number of phenols is 1. The summed E-state index contributed by atoms with van der Waals surface area (Å²) < 4.78 is 1.21. The van der Waals surface area contributed by atoms with Crippen molar-refractivity contribution in [3.8, 4) is 5.75 Å². The molecule has 0 bridgehead atoms. The molecule has 0 saturated heterocycles. The van der Waals surface area contributed by atoms with Crippen molar-refractivity contribution >= 4 is 17.2 Å². The van der Waals surface area contributed by atoms with Gasteiger partial charge in [0.15, 0.2) is 0 Å². The molecule has 1 heterocycles. The SMILES string of the molecule is O=CCn1cnc2cc(O)ccc2c1=O. The maximum Gasteiger partial charge on any atom is 0.261 e. The van der Waals surface area contributed by atoms with E-state index in [1.165, 1.54) is 29.1 Å². The molecule has 1 aromatic heterocycles. The van der Waals surface area contributed by atoms with Crippen molar-refractivity contribution in [3.05, 3.63) is 34.9 Å². The van der Waals surface area contributed by atoms with E-state index in [4.69, 9.17) is 0 Å². The van der Waals surface area contributed by atoms with Crippen LogP contribution >= 0.6 is 0 Å². The lowest BCUT2D eigenvalue weighted by Gasteiger charge is -2.02. The summed E-state index contributed by atoms with van der Waals surface area (Å²) in [5.41, 5.74) is 0.134. The maximum atomic E-state index is 11.7. The number of rotatable bonds is 2. The molecule has 2 rings (SSSR count). The summed E-state index contributed by atoms with van der Waals surface area (Å²) in [6.07, 6.45) is 1.92. The molecular formula is C10H8N2O3. The Kier molecular flexibility index (Phi) is 2.21. The van der Waals surface area contributed by atoms with Crippen molar-refractivity contribution in [1.82, 2.24) is 9.55 Å². The monoisotopic (exact) mass is 204 g/mol. The highest BCUT2D eigenvalue weighted by atomic mass is 16.3. The predicted molar refractivity (Wildman–Crippen MR) is 53.7 cm³/mol. The minimum absolute atomic E-state index is 0.0113. The molecule has 0 amide bonds. The van der Waals surface area contributed by atoms with Gasteiger partial charge in [-0.05, 0) is 12.1 Å². The van der Waals surface area contributed by atoms with E-state index < -0.39 is 0 Å². The van der Waals surface area contributed by atoms with E-state index in [1.54, 1.807) is 0 Å². The highest BCUT2D eigenvalue weighted by Gasteiger charge is 2.03. The van der Waals surface area contributed by atoms with Crippen LogP contribution < -0.4 is 5.56 Å². The van der Waals surface area contributed by atoms with Crippen molar-refractivity contribution in [2.45, 2.75) is 6.54 Å². The first kappa shape index (κ1) is 9.39. The molecular weight excluding hydrogens is 196 g/mol. The number of aromatic hydroxyl groups is 1. The van der Waals surface area contributed by atoms with Gasteiger partial charge in [0, 0.05) is 6.07 Å². The molecule has 76 valence electrons. The second-order valence-corrected chi connectivity index (χ2v) is 3.07. The summed E-state index contributed by atoms with van der Waals surface area (Å²) in [4.78, 5) is 26.0. The molecule has 0 aliphatic heterocycles. The zero-order valence-electron chi connectivity index (χ0n) is 7.75. The van der Waals surface area contributed by atoms with Gasteiger partial charge in [-0.1, -0.05) is 0 Å². The highest BCUT2D eigenvalue weighted by Crippen LogP contribution is 2.14. The first-order valence-electron chi connectivity index (χ1n) is 4.34. The zero-order chi connectivity index (χ0) is 10.8. The van der Waals surface area contributed by atoms with Crippen LogP contribution in [0.1, 0.15) is 0 Å². The number of carbonyl (C=O) groups excluding carboxylic acids is 1. The molecule has 5 heteroatoms. The Balaban J connectivity index is 2.74. The number of carbonyl (C=O) groups is 1. The third-order valence-electron chi connectivity index (χ3n) is 2.08. The number of benzene rings is 1. The molecule has 5 nitrogen and oxygen atoms in total. The number of aromatic nitrogens is 2. The lowest BCUT2D eigenvalue weighted by Crippen LogP contribution is -2.21. The molecule has 0 atom stereocenters. The molecule has 2 aromatic rings. The summed E-state index contributed by atoms with van der Waals surface area (Å²) >= 11 is 0. The van der Waals surface area contributed by atoms with E-state index in [1.807, 2.05) is 0 Å². The number of hydrogen-bond donors (Lipinski definition) is 1. The Labute approximate surface area is 84.6 Å². The fourth-order valence-corrected chi connectivity index (χ4v) is 1.36. The van der Waals surface area contributed by atoms with Crippen LogP contribution in [0.2, 0.25) is 0 Å². The molecule has 0 spiro atoms. The minimum Gasteiger partial charge on any atom is -0.508 e. The molecule has 0 aliphatic rings. The lowest BCUT2D eigenvalue weighted by atomic mass is 10.2. The molecule has 0 saturated carbocycles. The second kappa shape index (κ2) is 3.53. The van der Waals surface area contributed by atoms with E-state index in [9.17, 15) is 14.7 Å². The van der Waals surface area contributed by atoms with E-state index in [2.05, 4.69) is 4.98 Å². The first-order valence-corrected chi connectivity index (χ1v) is 4.34. The number of hydrogen-bond acceptors (Lipinski definition) is 4. The van der Waals surface area contributed by atoms with Gasteiger partial charge in [0.1, 0.15) is 12.0 Å². The standard InChI is InChI=1S/C10H8N2O3/c13-4-3-12-6-11-9-5-7(14)1-2-8(9)10(12)15/h1-2,4-6,14H,3H2. The van der Waals surface area contributed by atoms with Crippen LogP contribution in [-0.4, -0.2) is 20.9 Å². The summed E-state index contributed by atoms with van der Waals surface area (Å²) in [6.45, 7) is -0.0113. The topological polar surface area (TPSA) is 72.2 Å².